The van der Waals surface area contributed by atoms with Crippen LogP contribution in [0, 0.1) is 5.92 Å². The third-order valence-corrected chi connectivity index (χ3v) is 6.42. The number of hydrogen-bond acceptors (Lipinski definition) is 7. The van der Waals surface area contributed by atoms with Gasteiger partial charge in [-0.1, -0.05) is 0 Å². The molecule has 0 radical (unpaired) electrons. The topological polar surface area (TPSA) is 107 Å². The summed E-state index contributed by atoms with van der Waals surface area (Å²) in [7, 11) is -0.732. The van der Waals surface area contributed by atoms with E-state index < -0.39 is 10.2 Å². The monoisotopic (exact) mass is 435 g/mol. The van der Waals surface area contributed by atoms with Crippen molar-refractivity contribution in [3.8, 4) is 17.4 Å². The summed E-state index contributed by atoms with van der Waals surface area (Å²) < 4.78 is 44.7. The number of carbonyl (C=O) groups is 1. The number of piperidine rings is 1. The summed E-state index contributed by atoms with van der Waals surface area (Å²) in [6.07, 6.45) is 2.45. The molecule has 1 fully saturated rings. The highest BCUT2D eigenvalue weighted by molar-refractivity contribution is 7.87. The van der Waals surface area contributed by atoms with Crippen molar-refractivity contribution in [3.63, 3.8) is 0 Å². The van der Waals surface area contributed by atoms with Gasteiger partial charge in [-0.2, -0.15) is 17.4 Å². The van der Waals surface area contributed by atoms with Gasteiger partial charge in [0.05, 0.1) is 20.1 Å². The molecule has 0 atom stereocenters. The summed E-state index contributed by atoms with van der Waals surface area (Å²) in [5.74, 6) is 1.12. The van der Waals surface area contributed by atoms with E-state index in [0.717, 1.165) is 0 Å². The Bertz CT molecular complexity index is 957. The van der Waals surface area contributed by atoms with Gasteiger partial charge in [0.25, 0.3) is 10.2 Å². The van der Waals surface area contributed by atoms with Crippen molar-refractivity contribution in [2.45, 2.75) is 19.4 Å². The van der Waals surface area contributed by atoms with Gasteiger partial charge in [-0.05, 0) is 48.7 Å². The first-order valence-electron chi connectivity index (χ1n) is 9.50. The minimum atomic E-state index is -3.66. The van der Waals surface area contributed by atoms with Gasteiger partial charge in [0.15, 0.2) is 0 Å². The van der Waals surface area contributed by atoms with Crippen molar-refractivity contribution < 1.29 is 27.4 Å². The van der Waals surface area contributed by atoms with Gasteiger partial charge >= 0.3 is 5.97 Å². The average molecular weight is 436 g/mol. The molecule has 3 rings (SSSR count). The molecular formula is C20H25N3O6S. The number of methoxy groups -OCH3 is 2. The lowest BCUT2D eigenvalue weighted by Gasteiger charge is -2.29. The lowest BCUT2D eigenvalue weighted by atomic mass is 9.99. The Hall–Kier alpha value is -2.69. The van der Waals surface area contributed by atoms with E-state index in [1.165, 1.54) is 11.4 Å². The van der Waals surface area contributed by atoms with Crippen LogP contribution in [0.25, 0.3) is 0 Å². The van der Waals surface area contributed by atoms with Crippen LogP contribution in [0.4, 0.5) is 0 Å². The Morgan fingerprint density at radius 2 is 1.80 bits per heavy atom. The Morgan fingerprint density at radius 3 is 2.43 bits per heavy atom. The first-order valence-corrected chi connectivity index (χ1v) is 10.9. The number of hydrogen-bond donors (Lipinski definition) is 1. The standard InChI is InChI=1S/C20H25N3O6S/c1-27-17-3-5-18(6-4-17)29-19-13-15(7-10-21-19)14-22-30(25,26)23-11-8-16(9-12-23)20(24)28-2/h3-7,10,13,16,22H,8-9,11-12,14H2,1-2H3. The molecule has 1 aliphatic rings. The molecule has 9 nitrogen and oxygen atoms in total. The van der Waals surface area contributed by atoms with E-state index in [9.17, 15) is 13.2 Å². The van der Waals surface area contributed by atoms with Crippen LogP contribution in [0.15, 0.2) is 42.6 Å². The molecule has 2 heterocycles. The molecule has 0 bridgehead atoms. The maximum atomic E-state index is 12.6. The van der Waals surface area contributed by atoms with Crippen LogP contribution < -0.4 is 14.2 Å². The van der Waals surface area contributed by atoms with Crippen LogP contribution in [-0.4, -0.2) is 51.0 Å². The number of nitrogens with one attached hydrogen (secondary N) is 1. The number of carbonyl (C=O) groups excluding carboxylic acids is 1. The predicted molar refractivity (Wildman–Crippen MR) is 109 cm³/mol. The highest BCUT2D eigenvalue weighted by Gasteiger charge is 2.31. The van der Waals surface area contributed by atoms with E-state index in [1.807, 2.05) is 0 Å². The summed E-state index contributed by atoms with van der Waals surface area (Å²) in [4.78, 5) is 15.8. The van der Waals surface area contributed by atoms with E-state index in [2.05, 4.69) is 9.71 Å². The van der Waals surface area contributed by atoms with Crippen molar-refractivity contribution in [2.75, 3.05) is 27.3 Å². The van der Waals surface area contributed by atoms with Gasteiger partial charge in [-0.15, -0.1) is 0 Å². The molecule has 0 spiro atoms. The smallest absolute Gasteiger partial charge is 0.308 e. The highest BCUT2D eigenvalue weighted by atomic mass is 32.2. The summed E-state index contributed by atoms with van der Waals surface area (Å²) in [5.41, 5.74) is 0.710. The summed E-state index contributed by atoms with van der Waals surface area (Å²) in [6.45, 7) is 0.648. The molecular weight excluding hydrogens is 410 g/mol. The second-order valence-electron chi connectivity index (χ2n) is 6.80. The number of nitrogens with zero attached hydrogens (tertiary/aromatic N) is 2. The van der Waals surface area contributed by atoms with Crippen LogP contribution in [0.5, 0.6) is 17.4 Å². The zero-order valence-electron chi connectivity index (χ0n) is 16.9. The second kappa shape index (κ2) is 9.88. The van der Waals surface area contributed by atoms with Crippen LogP contribution in [0.3, 0.4) is 0 Å². The molecule has 162 valence electrons. The van der Waals surface area contributed by atoms with Gasteiger partial charge in [-0.3, -0.25) is 4.79 Å². The lowest BCUT2D eigenvalue weighted by molar-refractivity contribution is -0.146. The predicted octanol–water partition coefficient (Wildman–Crippen LogP) is 2.10. The average Bonchev–Trinajstić information content (AvgIpc) is 2.78. The van der Waals surface area contributed by atoms with Gasteiger partial charge in [0, 0.05) is 31.9 Å². The van der Waals surface area contributed by atoms with Crippen molar-refractivity contribution in [2.24, 2.45) is 5.92 Å². The third-order valence-electron chi connectivity index (χ3n) is 4.87. The highest BCUT2D eigenvalue weighted by Crippen LogP contribution is 2.23. The Kier molecular flexibility index (Phi) is 7.24. The minimum Gasteiger partial charge on any atom is -0.497 e. The Balaban J connectivity index is 1.56. The SMILES string of the molecule is COC(=O)C1CCN(S(=O)(=O)NCc2ccnc(Oc3ccc(OC)cc3)c2)CC1. The van der Waals surface area contributed by atoms with Crippen LogP contribution in [-0.2, 0) is 26.3 Å². The number of benzene rings is 1. The van der Waals surface area contributed by atoms with Gasteiger partial charge in [0.2, 0.25) is 5.88 Å². The minimum absolute atomic E-state index is 0.0980. The molecule has 0 saturated carbocycles. The fraction of sp³-hybridized carbons (Fsp3) is 0.400. The first kappa shape index (κ1) is 22.0. The normalized spacial score (nSPS) is 15.5. The summed E-state index contributed by atoms with van der Waals surface area (Å²) in [5, 5.41) is 0. The van der Waals surface area contributed by atoms with Gasteiger partial charge in [-0.25, -0.2) is 4.98 Å². The van der Waals surface area contributed by atoms with E-state index in [1.54, 1.807) is 49.7 Å². The molecule has 1 aliphatic heterocycles. The molecule has 2 aromatic rings. The number of pyridine rings is 1. The molecule has 1 aromatic carbocycles. The van der Waals surface area contributed by atoms with Crippen LogP contribution in [0.2, 0.25) is 0 Å². The van der Waals surface area contributed by atoms with Crippen LogP contribution >= 0.6 is 0 Å². The van der Waals surface area contributed by atoms with E-state index in [4.69, 9.17) is 14.2 Å². The van der Waals surface area contributed by atoms with E-state index in [0.29, 0.717) is 35.8 Å². The maximum absolute atomic E-state index is 12.6. The number of esters is 1. The van der Waals surface area contributed by atoms with Gasteiger partial charge < -0.3 is 14.2 Å². The van der Waals surface area contributed by atoms with Crippen molar-refractivity contribution >= 4 is 16.2 Å². The fourth-order valence-corrected chi connectivity index (χ4v) is 4.37. The second-order valence-corrected chi connectivity index (χ2v) is 8.56. The Morgan fingerprint density at radius 1 is 1.13 bits per heavy atom. The number of rotatable bonds is 8. The first-order chi connectivity index (χ1) is 14.4. The van der Waals surface area contributed by atoms with Crippen molar-refractivity contribution in [3.05, 3.63) is 48.2 Å². The maximum Gasteiger partial charge on any atom is 0.308 e. The zero-order valence-corrected chi connectivity index (χ0v) is 17.7. The molecule has 0 aliphatic carbocycles. The molecule has 1 aromatic heterocycles. The zero-order chi connectivity index (χ0) is 21.6. The van der Waals surface area contributed by atoms with Crippen molar-refractivity contribution in [1.82, 2.24) is 14.0 Å². The molecule has 30 heavy (non-hydrogen) atoms. The summed E-state index contributed by atoms with van der Waals surface area (Å²) >= 11 is 0. The number of ether oxygens (including phenoxy) is 3. The Labute approximate surface area is 176 Å². The van der Waals surface area contributed by atoms with Crippen LogP contribution in [0.1, 0.15) is 18.4 Å². The van der Waals surface area contributed by atoms with Crippen molar-refractivity contribution in [1.29, 1.82) is 0 Å². The molecule has 0 amide bonds. The van der Waals surface area contributed by atoms with E-state index in [-0.39, 0.29) is 31.5 Å². The molecule has 1 saturated heterocycles. The molecule has 10 heteroatoms. The molecule has 1 N–H and O–H groups in total. The lowest BCUT2D eigenvalue weighted by Crippen LogP contribution is -2.45. The summed E-state index contributed by atoms with van der Waals surface area (Å²) in [6, 6.07) is 10.5. The molecule has 0 unspecified atom stereocenters. The largest absolute Gasteiger partial charge is 0.497 e. The van der Waals surface area contributed by atoms with Gasteiger partial charge in [0.1, 0.15) is 11.5 Å². The van der Waals surface area contributed by atoms with E-state index >= 15 is 0 Å². The number of aromatic nitrogens is 1. The third kappa shape index (κ3) is 5.68. The fourth-order valence-electron chi connectivity index (χ4n) is 3.15. The quantitative estimate of drug-likeness (QED) is 0.633.